The molecule has 0 bridgehead atoms. The highest BCUT2D eigenvalue weighted by Gasteiger charge is 2.25. The fourth-order valence-electron chi connectivity index (χ4n) is 1.69. The molecule has 1 N–H and O–H groups in total. The number of hydrogen-bond acceptors (Lipinski definition) is 3. The average molecular weight is 229 g/mol. The lowest BCUT2D eigenvalue weighted by atomic mass is 10.0. The lowest BCUT2D eigenvalue weighted by molar-refractivity contribution is -0.198. The molecule has 1 atom stereocenters. The fourth-order valence-corrected chi connectivity index (χ4v) is 1.69. The maximum absolute atomic E-state index is 10.1. The van der Waals surface area contributed by atoms with E-state index in [0.717, 1.165) is 10.8 Å². The number of oxime groups is 1. The maximum Gasteiger partial charge on any atom is 0.257 e. The Labute approximate surface area is 100 Å². The van der Waals surface area contributed by atoms with E-state index >= 15 is 0 Å². The van der Waals surface area contributed by atoms with Crippen LogP contribution in [-0.4, -0.2) is 11.3 Å². The molecular weight excluding hydrogens is 214 g/mol. The van der Waals surface area contributed by atoms with Gasteiger partial charge >= 0.3 is 0 Å². The van der Waals surface area contributed by atoms with Crippen LogP contribution in [0.5, 0.6) is 0 Å². The lowest BCUT2D eigenvalue weighted by Gasteiger charge is -2.21. The van der Waals surface area contributed by atoms with Gasteiger partial charge in [-0.05, 0) is 23.8 Å². The van der Waals surface area contributed by atoms with E-state index < -0.39 is 5.79 Å². The summed E-state index contributed by atoms with van der Waals surface area (Å²) in [5.41, 5.74) is 0.682. The number of benzene rings is 2. The summed E-state index contributed by atoms with van der Waals surface area (Å²) >= 11 is 0. The Kier molecular flexibility index (Phi) is 3.11. The van der Waals surface area contributed by atoms with Gasteiger partial charge in [0, 0.05) is 18.7 Å². The molecule has 0 amide bonds. The van der Waals surface area contributed by atoms with Crippen LogP contribution >= 0.6 is 0 Å². The van der Waals surface area contributed by atoms with E-state index in [9.17, 15) is 5.11 Å². The number of fused-ring (bicyclic) bond motifs is 1. The van der Waals surface area contributed by atoms with Gasteiger partial charge in [-0.15, -0.1) is 0 Å². The molecular formula is C14H15NO2. The molecule has 0 aliphatic heterocycles. The lowest BCUT2D eigenvalue weighted by Crippen LogP contribution is -2.22. The van der Waals surface area contributed by atoms with Gasteiger partial charge in [-0.25, -0.2) is 0 Å². The van der Waals surface area contributed by atoms with E-state index in [2.05, 4.69) is 5.16 Å². The molecule has 88 valence electrons. The van der Waals surface area contributed by atoms with Crippen LogP contribution in [0.4, 0.5) is 0 Å². The zero-order valence-electron chi connectivity index (χ0n) is 9.92. The van der Waals surface area contributed by atoms with Crippen LogP contribution in [0.15, 0.2) is 47.6 Å². The van der Waals surface area contributed by atoms with E-state index in [4.69, 9.17) is 4.84 Å². The minimum Gasteiger partial charge on any atom is -0.356 e. The molecule has 17 heavy (non-hydrogen) atoms. The zero-order valence-corrected chi connectivity index (χ0v) is 9.92. The predicted molar refractivity (Wildman–Crippen MR) is 68.8 cm³/mol. The van der Waals surface area contributed by atoms with Gasteiger partial charge < -0.3 is 9.94 Å². The van der Waals surface area contributed by atoms with Crippen molar-refractivity contribution in [3.63, 3.8) is 0 Å². The first-order valence-corrected chi connectivity index (χ1v) is 5.51. The van der Waals surface area contributed by atoms with Crippen molar-refractivity contribution < 1.29 is 9.94 Å². The third-order valence-electron chi connectivity index (χ3n) is 2.62. The van der Waals surface area contributed by atoms with Crippen molar-refractivity contribution in [2.75, 3.05) is 0 Å². The van der Waals surface area contributed by atoms with Gasteiger partial charge in [0.15, 0.2) is 0 Å². The van der Waals surface area contributed by atoms with Gasteiger partial charge in [0.2, 0.25) is 0 Å². The Morgan fingerprint density at radius 1 is 1.18 bits per heavy atom. The first-order chi connectivity index (χ1) is 8.13. The van der Waals surface area contributed by atoms with Crippen LogP contribution in [-0.2, 0) is 10.6 Å². The van der Waals surface area contributed by atoms with Gasteiger partial charge in [0.05, 0.1) is 0 Å². The SMILES string of the molecule is CC=NOC(C)(O)c1ccc2ccccc2c1. The number of hydrogen-bond donors (Lipinski definition) is 1. The van der Waals surface area contributed by atoms with Crippen molar-refractivity contribution in [2.45, 2.75) is 19.6 Å². The summed E-state index contributed by atoms with van der Waals surface area (Å²) in [5, 5.41) is 16.0. The van der Waals surface area contributed by atoms with Crippen molar-refractivity contribution in [1.29, 1.82) is 0 Å². The molecule has 0 saturated heterocycles. The summed E-state index contributed by atoms with van der Waals surface area (Å²) in [6.07, 6.45) is 1.50. The summed E-state index contributed by atoms with van der Waals surface area (Å²) in [6.45, 7) is 3.31. The van der Waals surface area contributed by atoms with Crippen molar-refractivity contribution >= 4 is 17.0 Å². The summed E-state index contributed by atoms with van der Waals surface area (Å²) in [5.74, 6) is -1.41. The minimum absolute atomic E-state index is 0.682. The molecule has 1 unspecified atom stereocenters. The smallest absolute Gasteiger partial charge is 0.257 e. The molecule has 2 aromatic carbocycles. The summed E-state index contributed by atoms with van der Waals surface area (Å²) in [6, 6.07) is 13.7. The molecule has 0 spiro atoms. The maximum atomic E-state index is 10.1. The van der Waals surface area contributed by atoms with Crippen molar-refractivity contribution in [3.8, 4) is 0 Å². The van der Waals surface area contributed by atoms with Crippen LogP contribution in [0.2, 0.25) is 0 Å². The van der Waals surface area contributed by atoms with Crippen molar-refractivity contribution in [3.05, 3.63) is 48.0 Å². The zero-order chi connectivity index (χ0) is 12.3. The van der Waals surface area contributed by atoms with Crippen molar-refractivity contribution in [2.24, 2.45) is 5.16 Å². The van der Waals surface area contributed by atoms with E-state index in [-0.39, 0.29) is 0 Å². The fraction of sp³-hybridized carbons (Fsp3) is 0.214. The Balaban J connectivity index is 2.41. The van der Waals surface area contributed by atoms with Crippen LogP contribution in [0, 0.1) is 0 Å². The number of nitrogens with zero attached hydrogens (tertiary/aromatic N) is 1. The third kappa shape index (κ3) is 2.45. The molecule has 0 aromatic heterocycles. The summed E-state index contributed by atoms with van der Waals surface area (Å²) in [7, 11) is 0. The molecule has 0 aliphatic carbocycles. The highest BCUT2D eigenvalue weighted by Crippen LogP contribution is 2.26. The normalized spacial score (nSPS) is 15.0. The molecule has 0 radical (unpaired) electrons. The summed E-state index contributed by atoms with van der Waals surface area (Å²) in [4.78, 5) is 5.04. The topological polar surface area (TPSA) is 41.8 Å². The second kappa shape index (κ2) is 4.55. The van der Waals surface area contributed by atoms with E-state index in [1.807, 2.05) is 42.5 Å². The highest BCUT2D eigenvalue weighted by atomic mass is 16.7. The summed E-state index contributed by atoms with van der Waals surface area (Å²) < 4.78 is 0. The first kappa shape index (κ1) is 11.6. The quantitative estimate of drug-likeness (QED) is 0.499. The molecule has 0 fully saturated rings. The van der Waals surface area contributed by atoms with Crippen LogP contribution < -0.4 is 0 Å². The third-order valence-corrected chi connectivity index (χ3v) is 2.62. The van der Waals surface area contributed by atoms with E-state index in [1.54, 1.807) is 13.8 Å². The molecule has 3 heteroatoms. The molecule has 0 saturated carbocycles. The van der Waals surface area contributed by atoms with Crippen molar-refractivity contribution in [1.82, 2.24) is 0 Å². The van der Waals surface area contributed by atoms with Gasteiger partial charge in [-0.2, -0.15) is 0 Å². The molecule has 0 heterocycles. The molecule has 0 aliphatic rings. The van der Waals surface area contributed by atoms with Crippen LogP contribution in [0.1, 0.15) is 19.4 Å². The van der Waals surface area contributed by atoms with Crippen LogP contribution in [0.3, 0.4) is 0 Å². The van der Waals surface area contributed by atoms with Gasteiger partial charge in [-0.3, -0.25) is 0 Å². The average Bonchev–Trinajstić information content (AvgIpc) is 2.36. The predicted octanol–water partition coefficient (Wildman–Crippen LogP) is 3.03. The molecule has 2 aromatic rings. The highest BCUT2D eigenvalue weighted by molar-refractivity contribution is 5.83. The van der Waals surface area contributed by atoms with E-state index in [0.29, 0.717) is 5.56 Å². The second-order valence-electron chi connectivity index (χ2n) is 4.00. The Morgan fingerprint density at radius 2 is 1.88 bits per heavy atom. The van der Waals surface area contributed by atoms with Crippen LogP contribution in [0.25, 0.3) is 10.8 Å². The Bertz CT molecular complexity index is 547. The van der Waals surface area contributed by atoms with Gasteiger partial charge in [0.25, 0.3) is 5.79 Å². The second-order valence-corrected chi connectivity index (χ2v) is 4.00. The molecule has 3 nitrogen and oxygen atoms in total. The molecule has 2 rings (SSSR count). The Morgan fingerprint density at radius 3 is 2.59 bits per heavy atom. The minimum atomic E-state index is -1.41. The van der Waals surface area contributed by atoms with Gasteiger partial charge in [-0.1, -0.05) is 41.6 Å². The number of aliphatic hydroxyl groups is 1. The number of rotatable bonds is 3. The first-order valence-electron chi connectivity index (χ1n) is 5.51. The monoisotopic (exact) mass is 229 g/mol. The Hall–Kier alpha value is -1.87. The van der Waals surface area contributed by atoms with Gasteiger partial charge in [0.1, 0.15) is 0 Å². The van der Waals surface area contributed by atoms with E-state index in [1.165, 1.54) is 6.21 Å². The standard InChI is InChI=1S/C14H15NO2/c1-3-15-17-14(2,16)13-9-8-11-6-4-5-7-12(11)10-13/h3-10,16H,1-2H3. The largest absolute Gasteiger partial charge is 0.356 e.